The summed E-state index contributed by atoms with van der Waals surface area (Å²) < 4.78 is 5.38. The van der Waals surface area contributed by atoms with Crippen LogP contribution in [0.3, 0.4) is 0 Å². The Labute approximate surface area is 104 Å². The molecule has 1 rings (SSSR count). The summed E-state index contributed by atoms with van der Waals surface area (Å²) in [5.74, 6) is -0.289. The van der Waals surface area contributed by atoms with E-state index in [1.165, 1.54) is 6.07 Å². The zero-order valence-electron chi connectivity index (χ0n) is 9.15. The van der Waals surface area contributed by atoms with Gasteiger partial charge in [0.1, 0.15) is 5.75 Å². The third-order valence-electron chi connectivity index (χ3n) is 2.10. The number of halogens is 1. The highest BCUT2D eigenvalue weighted by Gasteiger charge is 2.03. The van der Waals surface area contributed by atoms with E-state index in [0.717, 1.165) is 0 Å². The monoisotopic (exact) mass is 253 g/mol. The lowest BCUT2D eigenvalue weighted by atomic mass is 10.2. The molecule has 0 aliphatic heterocycles. The van der Waals surface area contributed by atoms with Crippen molar-refractivity contribution in [2.75, 3.05) is 6.61 Å². The molecule has 1 aromatic carbocycles. The van der Waals surface area contributed by atoms with Crippen molar-refractivity contribution in [3.63, 3.8) is 0 Å². The topological polar surface area (TPSA) is 70.3 Å². The first-order chi connectivity index (χ1) is 8.13. The van der Waals surface area contributed by atoms with Gasteiger partial charge in [0.25, 0.3) is 0 Å². The molecule has 5 heteroatoms. The second kappa shape index (κ2) is 6.77. The molecule has 0 aromatic heterocycles. The van der Waals surface area contributed by atoms with Gasteiger partial charge in [-0.25, -0.2) is 0 Å². The van der Waals surface area contributed by atoms with Crippen molar-refractivity contribution in [1.29, 1.82) is 5.26 Å². The van der Waals surface area contributed by atoms with E-state index in [2.05, 4.69) is 0 Å². The Morgan fingerprint density at radius 2 is 2.24 bits per heavy atom. The quantitative estimate of drug-likeness (QED) is 0.792. The van der Waals surface area contributed by atoms with Gasteiger partial charge in [-0.05, 0) is 31.0 Å². The molecule has 0 bridgehead atoms. The zero-order chi connectivity index (χ0) is 12.7. The van der Waals surface area contributed by atoms with E-state index in [1.54, 1.807) is 12.1 Å². The van der Waals surface area contributed by atoms with Crippen molar-refractivity contribution >= 4 is 17.6 Å². The Morgan fingerprint density at radius 3 is 2.82 bits per heavy atom. The molecule has 0 aliphatic rings. The van der Waals surface area contributed by atoms with E-state index < -0.39 is 5.97 Å². The Morgan fingerprint density at radius 1 is 1.47 bits per heavy atom. The number of carbonyl (C=O) groups is 1. The molecule has 1 N–H and O–H groups in total. The third kappa shape index (κ3) is 4.75. The molecule has 4 nitrogen and oxygen atoms in total. The van der Waals surface area contributed by atoms with Crippen LogP contribution in [0.5, 0.6) is 5.75 Å². The number of carboxylic acids is 1. The van der Waals surface area contributed by atoms with Gasteiger partial charge in [-0.15, -0.1) is 0 Å². The van der Waals surface area contributed by atoms with Crippen LogP contribution in [0.2, 0.25) is 5.02 Å². The summed E-state index contributed by atoms with van der Waals surface area (Å²) in [6, 6.07) is 6.77. The van der Waals surface area contributed by atoms with Gasteiger partial charge in [0.15, 0.2) is 0 Å². The van der Waals surface area contributed by atoms with Crippen LogP contribution in [0.15, 0.2) is 18.2 Å². The first kappa shape index (κ1) is 13.3. The number of hydrogen-bond donors (Lipinski definition) is 1. The molecule has 0 spiro atoms. The first-order valence-electron chi connectivity index (χ1n) is 5.17. The van der Waals surface area contributed by atoms with E-state index in [4.69, 9.17) is 26.7 Å². The highest BCUT2D eigenvalue weighted by Crippen LogP contribution is 2.25. The van der Waals surface area contributed by atoms with Crippen LogP contribution in [-0.2, 0) is 4.79 Å². The lowest BCUT2D eigenvalue weighted by Crippen LogP contribution is -2.00. The van der Waals surface area contributed by atoms with Gasteiger partial charge in [0.2, 0.25) is 0 Å². The molecule has 17 heavy (non-hydrogen) atoms. The summed E-state index contributed by atoms with van der Waals surface area (Å²) in [6.45, 7) is 0.416. The van der Waals surface area contributed by atoms with Gasteiger partial charge in [-0.3, -0.25) is 4.79 Å². The second-order valence-electron chi connectivity index (χ2n) is 3.46. The number of nitriles is 1. The smallest absolute Gasteiger partial charge is 0.303 e. The van der Waals surface area contributed by atoms with Crippen LogP contribution in [0.25, 0.3) is 0 Å². The lowest BCUT2D eigenvalue weighted by molar-refractivity contribution is -0.137. The minimum atomic E-state index is -0.804. The molecule has 0 amide bonds. The average molecular weight is 254 g/mol. The Hall–Kier alpha value is -1.73. The van der Waals surface area contributed by atoms with Gasteiger partial charge in [-0.1, -0.05) is 11.6 Å². The number of unbranched alkanes of at least 4 members (excludes halogenated alkanes) is 1. The number of ether oxygens (including phenoxy) is 1. The normalized spacial score (nSPS) is 9.65. The molecule has 90 valence electrons. The minimum absolute atomic E-state index is 0.143. The van der Waals surface area contributed by atoms with Gasteiger partial charge in [-0.2, -0.15) is 5.26 Å². The first-order valence-corrected chi connectivity index (χ1v) is 5.55. The molecule has 0 fully saturated rings. The number of benzene rings is 1. The molecule has 0 unspecified atom stereocenters. The van der Waals surface area contributed by atoms with E-state index in [9.17, 15) is 4.79 Å². The molecule has 0 heterocycles. The zero-order valence-corrected chi connectivity index (χ0v) is 9.91. The average Bonchev–Trinajstić information content (AvgIpc) is 2.30. The van der Waals surface area contributed by atoms with E-state index in [-0.39, 0.29) is 6.42 Å². The number of carboxylic acid groups (broad SMARTS) is 1. The van der Waals surface area contributed by atoms with Crippen molar-refractivity contribution in [2.24, 2.45) is 0 Å². The van der Waals surface area contributed by atoms with Crippen molar-refractivity contribution < 1.29 is 14.6 Å². The maximum atomic E-state index is 10.3. The fraction of sp³-hybridized carbons (Fsp3) is 0.333. The number of nitrogens with zero attached hydrogens (tertiary/aromatic N) is 1. The van der Waals surface area contributed by atoms with Gasteiger partial charge < -0.3 is 9.84 Å². The molecule has 0 atom stereocenters. The van der Waals surface area contributed by atoms with Crippen LogP contribution in [0.1, 0.15) is 24.8 Å². The van der Waals surface area contributed by atoms with Gasteiger partial charge >= 0.3 is 5.97 Å². The minimum Gasteiger partial charge on any atom is -0.492 e. The lowest BCUT2D eigenvalue weighted by Gasteiger charge is -2.07. The number of aliphatic carboxylic acids is 1. The van der Waals surface area contributed by atoms with Gasteiger partial charge in [0.05, 0.1) is 23.3 Å². The summed E-state index contributed by atoms with van der Waals surface area (Å²) in [4.78, 5) is 10.3. The second-order valence-corrected chi connectivity index (χ2v) is 3.86. The molecule has 0 saturated heterocycles. The van der Waals surface area contributed by atoms with Crippen molar-refractivity contribution in [3.8, 4) is 11.8 Å². The molecule has 0 radical (unpaired) electrons. The highest BCUT2D eigenvalue weighted by atomic mass is 35.5. The van der Waals surface area contributed by atoms with E-state index in [0.29, 0.717) is 35.8 Å². The molecule has 0 saturated carbocycles. The van der Waals surface area contributed by atoms with Crippen LogP contribution in [-0.4, -0.2) is 17.7 Å². The predicted molar refractivity (Wildman–Crippen MR) is 63.1 cm³/mol. The summed E-state index contributed by atoms with van der Waals surface area (Å²) in [5, 5.41) is 17.5. The molecule has 0 aliphatic carbocycles. The molecular weight excluding hydrogens is 242 g/mol. The van der Waals surface area contributed by atoms with Crippen LogP contribution in [0, 0.1) is 11.3 Å². The van der Waals surface area contributed by atoms with Crippen molar-refractivity contribution in [2.45, 2.75) is 19.3 Å². The standard InChI is InChI=1S/C12H12ClNO3/c13-10-7-9(8-14)4-5-11(10)17-6-2-1-3-12(15)16/h4-5,7H,1-3,6H2,(H,15,16). The van der Waals surface area contributed by atoms with Crippen LogP contribution in [0.4, 0.5) is 0 Å². The summed E-state index contributed by atoms with van der Waals surface area (Å²) >= 11 is 5.90. The predicted octanol–water partition coefficient (Wildman–Crippen LogP) is 2.85. The highest BCUT2D eigenvalue weighted by molar-refractivity contribution is 6.32. The summed E-state index contributed by atoms with van der Waals surface area (Å²) in [5.41, 5.74) is 0.480. The van der Waals surface area contributed by atoms with Gasteiger partial charge in [0, 0.05) is 6.42 Å². The fourth-order valence-electron chi connectivity index (χ4n) is 1.25. The van der Waals surface area contributed by atoms with E-state index in [1.807, 2.05) is 6.07 Å². The Balaban J connectivity index is 2.37. The summed E-state index contributed by atoms with van der Waals surface area (Å²) in [7, 11) is 0. The maximum absolute atomic E-state index is 10.3. The van der Waals surface area contributed by atoms with Crippen molar-refractivity contribution in [3.05, 3.63) is 28.8 Å². The largest absolute Gasteiger partial charge is 0.492 e. The Bertz CT molecular complexity index is 440. The summed E-state index contributed by atoms with van der Waals surface area (Å²) in [6.07, 6.45) is 1.37. The SMILES string of the molecule is N#Cc1ccc(OCCCCC(=O)O)c(Cl)c1. The molecular formula is C12H12ClNO3. The van der Waals surface area contributed by atoms with Crippen LogP contribution >= 0.6 is 11.6 Å². The van der Waals surface area contributed by atoms with Crippen molar-refractivity contribution in [1.82, 2.24) is 0 Å². The third-order valence-corrected chi connectivity index (χ3v) is 2.40. The number of rotatable bonds is 6. The van der Waals surface area contributed by atoms with Crippen LogP contribution < -0.4 is 4.74 Å². The molecule has 1 aromatic rings. The van der Waals surface area contributed by atoms with E-state index >= 15 is 0 Å². The fourth-order valence-corrected chi connectivity index (χ4v) is 1.48. The maximum Gasteiger partial charge on any atom is 0.303 e. The Kier molecular flexibility index (Phi) is 5.31. The number of hydrogen-bond acceptors (Lipinski definition) is 3.